The van der Waals surface area contributed by atoms with Gasteiger partial charge in [-0.15, -0.1) is 0 Å². The van der Waals surface area contributed by atoms with Gasteiger partial charge in [0.2, 0.25) is 0 Å². The Balaban J connectivity index is 1.70. The van der Waals surface area contributed by atoms with E-state index >= 15 is 0 Å². The number of carbonyl (C=O) groups excluding carboxylic acids is 1. The summed E-state index contributed by atoms with van der Waals surface area (Å²) in [4.78, 5) is 11.6. The smallest absolute Gasteiger partial charge is 0.306 e. The second kappa shape index (κ2) is 8.58. The van der Waals surface area contributed by atoms with E-state index in [2.05, 4.69) is 22.6 Å². The first-order valence-corrected chi connectivity index (χ1v) is 8.07. The topological polar surface area (TPSA) is 46.5 Å². The van der Waals surface area contributed by atoms with E-state index in [1.807, 2.05) is 42.5 Å². The molecule has 2 rings (SSSR count). The lowest BCUT2D eigenvalue weighted by Crippen LogP contribution is -2.05. The number of rotatable bonds is 6. The van der Waals surface area contributed by atoms with Crippen molar-refractivity contribution in [1.29, 1.82) is 0 Å². The molecule has 1 N–H and O–H groups in total. The highest BCUT2D eigenvalue weighted by atomic mass is 127. The van der Waals surface area contributed by atoms with Crippen LogP contribution < -0.4 is 0 Å². The molecule has 0 aliphatic carbocycles. The third kappa shape index (κ3) is 5.89. The van der Waals surface area contributed by atoms with Crippen molar-refractivity contribution in [3.05, 3.63) is 69.3 Å². The van der Waals surface area contributed by atoms with Gasteiger partial charge in [-0.25, -0.2) is 0 Å². The summed E-state index contributed by atoms with van der Waals surface area (Å²) in [5.74, 6) is -0.0260. The molecule has 0 aliphatic heterocycles. The van der Waals surface area contributed by atoms with Gasteiger partial charge < -0.3 is 9.84 Å². The van der Waals surface area contributed by atoms with Crippen molar-refractivity contribution in [2.24, 2.45) is 0 Å². The molecule has 0 heterocycles. The Bertz CT molecular complexity index is 648. The van der Waals surface area contributed by atoms with E-state index in [-0.39, 0.29) is 18.3 Å². The molecule has 4 heteroatoms. The Kier molecular flexibility index (Phi) is 6.45. The average molecular weight is 408 g/mol. The van der Waals surface area contributed by atoms with Crippen LogP contribution in [-0.2, 0) is 16.0 Å². The van der Waals surface area contributed by atoms with Crippen LogP contribution in [0.1, 0.15) is 17.5 Å². The maximum atomic E-state index is 11.6. The number of phenols is 1. The Labute approximate surface area is 143 Å². The quantitative estimate of drug-likeness (QED) is 0.576. The largest absolute Gasteiger partial charge is 0.508 e. The number of hydrogen-bond donors (Lipinski definition) is 1. The Morgan fingerprint density at radius 3 is 2.68 bits per heavy atom. The van der Waals surface area contributed by atoms with Gasteiger partial charge in [0, 0.05) is 9.99 Å². The number of aryl methyl sites for hydroxylation is 1. The van der Waals surface area contributed by atoms with E-state index in [1.165, 1.54) is 3.57 Å². The van der Waals surface area contributed by atoms with Gasteiger partial charge in [-0.1, -0.05) is 30.3 Å². The summed E-state index contributed by atoms with van der Waals surface area (Å²) in [5.41, 5.74) is 2.00. The molecule has 22 heavy (non-hydrogen) atoms. The number of phenolic OH excluding ortho intramolecular Hbond substituents is 1. The molecule has 0 aromatic heterocycles. The minimum Gasteiger partial charge on any atom is -0.508 e. The molecule has 0 aliphatic rings. The summed E-state index contributed by atoms with van der Waals surface area (Å²) >= 11 is 2.26. The number of halogens is 1. The van der Waals surface area contributed by atoms with Crippen LogP contribution in [0.3, 0.4) is 0 Å². The Morgan fingerprint density at radius 2 is 1.95 bits per heavy atom. The first kappa shape index (κ1) is 16.5. The summed E-state index contributed by atoms with van der Waals surface area (Å²) < 4.78 is 6.34. The van der Waals surface area contributed by atoms with Crippen molar-refractivity contribution in [1.82, 2.24) is 0 Å². The van der Waals surface area contributed by atoms with Crippen LogP contribution in [0, 0.1) is 3.57 Å². The van der Waals surface area contributed by atoms with Crippen LogP contribution in [0.5, 0.6) is 5.75 Å². The fourth-order valence-electron chi connectivity index (χ4n) is 1.93. The Hall–Kier alpha value is -1.82. The number of ether oxygens (including phenoxy) is 1. The van der Waals surface area contributed by atoms with Crippen LogP contribution in [0.2, 0.25) is 0 Å². The number of carbonyl (C=O) groups is 1. The molecule has 2 aromatic rings. The molecule has 3 nitrogen and oxygen atoms in total. The van der Waals surface area contributed by atoms with Gasteiger partial charge in [-0.2, -0.15) is 0 Å². The summed E-state index contributed by atoms with van der Waals surface area (Å²) in [7, 11) is 0. The van der Waals surface area contributed by atoms with Gasteiger partial charge in [0.05, 0.1) is 0 Å². The summed E-state index contributed by atoms with van der Waals surface area (Å²) in [5, 5.41) is 9.35. The second-order valence-corrected chi connectivity index (χ2v) is 6.05. The fourth-order valence-corrected chi connectivity index (χ4v) is 2.29. The summed E-state index contributed by atoms with van der Waals surface area (Å²) in [6, 6.07) is 15.0. The van der Waals surface area contributed by atoms with Crippen LogP contribution >= 0.6 is 22.6 Å². The van der Waals surface area contributed by atoms with Gasteiger partial charge in [-0.3, -0.25) is 4.79 Å². The molecule has 0 spiro atoms. The zero-order chi connectivity index (χ0) is 15.8. The maximum absolute atomic E-state index is 11.6. The third-order valence-corrected chi connectivity index (χ3v) is 3.77. The first-order valence-electron chi connectivity index (χ1n) is 6.99. The van der Waals surface area contributed by atoms with Crippen molar-refractivity contribution in [3.63, 3.8) is 0 Å². The number of esters is 1. The number of hydrogen-bond acceptors (Lipinski definition) is 3. The molecular formula is C18H17IO3. The van der Waals surface area contributed by atoms with Gasteiger partial charge in [-0.05, 0) is 70.5 Å². The van der Waals surface area contributed by atoms with Gasteiger partial charge in [0.25, 0.3) is 0 Å². The molecule has 0 unspecified atom stereocenters. The van der Waals surface area contributed by atoms with Gasteiger partial charge in [0.1, 0.15) is 12.4 Å². The zero-order valence-electron chi connectivity index (χ0n) is 12.0. The van der Waals surface area contributed by atoms with Crippen molar-refractivity contribution in [3.8, 4) is 5.75 Å². The molecule has 114 valence electrons. The lowest BCUT2D eigenvalue weighted by atomic mass is 10.1. The number of benzene rings is 2. The van der Waals surface area contributed by atoms with E-state index in [9.17, 15) is 9.90 Å². The van der Waals surface area contributed by atoms with Crippen LogP contribution in [0.25, 0.3) is 6.08 Å². The van der Waals surface area contributed by atoms with E-state index < -0.39 is 0 Å². The minimum atomic E-state index is -0.240. The fraction of sp³-hybridized carbons (Fsp3) is 0.167. The first-order chi connectivity index (χ1) is 10.6. The predicted octanol–water partition coefficient (Wildman–Crippen LogP) is 4.19. The lowest BCUT2D eigenvalue weighted by molar-refractivity contribution is -0.142. The van der Waals surface area contributed by atoms with E-state index in [0.29, 0.717) is 12.8 Å². The summed E-state index contributed by atoms with van der Waals surface area (Å²) in [6.45, 7) is 0.269. The maximum Gasteiger partial charge on any atom is 0.306 e. The lowest BCUT2D eigenvalue weighted by Gasteiger charge is -2.03. The molecule has 0 fully saturated rings. The van der Waals surface area contributed by atoms with Crippen LogP contribution in [0.15, 0.2) is 54.6 Å². The SMILES string of the molecule is O=C(CCc1cccc(O)c1)OC/C=C\c1ccc(I)cc1. The normalized spacial score (nSPS) is 10.8. The van der Waals surface area contributed by atoms with Crippen molar-refractivity contribution in [2.75, 3.05) is 6.61 Å². The minimum absolute atomic E-state index is 0.214. The summed E-state index contributed by atoms with van der Waals surface area (Å²) in [6.07, 6.45) is 4.63. The monoisotopic (exact) mass is 408 g/mol. The molecular weight excluding hydrogens is 391 g/mol. The van der Waals surface area contributed by atoms with Crippen LogP contribution in [-0.4, -0.2) is 17.7 Å². The highest BCUT2D eigenvalue weighted by Crippen LogP contribution is 2.12. The average Bonchev–Trinajstić information content (AvgIpc) is 2.51. The molecule has 0 saturated heterocycles. The molecule has 0 atom stereocenters. The van der Waals surface area contributed by atoms with E-state index in [4.69, 9.17) is 4.74 Å². The second-order valence-electron chi connectivity index (χ2n) is 4.81. The standard InChI is InChI=1S/C18H17IO3/c19-16-9-6-14(7-10-16)4-2-12-22-18(21)11-8-15-3-1-5-17(20)13-15/h1-7,9-10,13,20H,8,11-12H2/b4-2-. The molecule has 2 aromatic carbocycles. The van der Waals surface area contributed by atoms with Gasteiger partial charge in [0.15, 0.2) is 0 Å². The third-order valence-electron chi connectivity index (χ3n) is 3.05. The van der Waals surface area contributed by atoms with Crippen molar-refractivity contribution >= 4 is 34.6 Å². The van der Waals surface area contributed by atoms with Gasteiger partial charge >= 0.3 is 5.97 Å². The van der Waals surface area contributed by atoms with Crippen LogP contribution in [0.4, 0.5) is 0 Å². The highest BCUT2D eigenvalue weighted by Gasteiger charge is 2.03. The zero-order valence-corrected chi connectivity index (χ0v) is 14.2. The highest BCUT2D eigenvalue weighted by molar-refractivity contribution is 14.1. The molecule has 0 bridgehead atoms. The van der Waals surface area contributed by atoms with Crippen molar-refractivity contribution < 1.29 is 14.6 Å². The van der Waals surface area contributed by atoms with E-state index in [0.717, 1.165) is 11.1 Å². The number of aromatic hydroxyl groups is 1. The molecule has 0 saturated carbocycles. The Morgan fingerprint density at radius 1 is 1.18 bits per heavy atom. The molecule has 0 radical (unpaired) electrons. The van der Waals surface area contributed by atoms with Crippen molar-refractivity contribution in [2.45, 2.75) is 12.8 Å². The van der Waals surface area contributed by atoms with E-state index in [1.54, 1.807) is 18.2 Å². The molecule has 0 amide bonds. The predicted molar refractivity (Wildman–Crippen MR) is 95.6 cm³/mol.